The number of aromatic nitrogens is 3. The van der Waals surface area contributed by atoms with Crippen molar-refractivity contribution in [3.63, 3.8) is 0 Å². The van der Waals surface area contributed by atoms with Crippen LogP contribution in [0.25, 0.3) is 28.2 Å². The molecule has 1 spiro atoms. The number of terminal acetylenes is 1. The number of nitrogens with zero attached hydrogens (tertiary/aromatic N) is 6. The van der Waals surface area contributed by atoms with Crippen LogP contribution in [0.15, 0.2) is 24.4 Å². The van der Waals surface area contributed by atoms with E-state index in [1.54, 1.807) is 36.4 Å². The molecule has 0 N–H and O–H groups in total. The summed E-state index contributed by atoms with van der Waals surface area (Å²) in [4.78, 5) is 33.9. The van der Waals surface area contributed by atoms with Crippen LogP contribution >= 0.6 is 0 Å². The van der Waals surface area contributed by atoms with Crippen LogP contribution in [0, 0.1) is 35.0 Å². The van der Waals surface area contributed by atoms with E-state index in [2.05, 4.69) is 68.7 Å². The molecule has 2 aliphatic carbocycles. The molecule has 1 saturated carbocycles. The number of halogens is 2. The molecule has 394 valence electrons. The second kappa shape index (κ2) is 21.4. The largest absolute Gasteiger partial charge is 0.468 e. The van der Waals surface area contributed by atoms with Crippen molar-refractivity contribution >= 4 is 37.0 Å². The van der Waals surface area contributed by atoms with E-state index in [4.69, 9.17) is 49.8 Å². The zero-order valence-corrected chi connectivity index (χ0v) is 45.5. The third kappa shape index (κ3) is 9.85. The molecule has 4 aliphatic heterocycles. The number of pyridine rings is 1. The number of fused-ring (bicyclic) bond motifs is 3. The number of hydrogen-bond donors (Lipinski definition) is 0. The van der Waals surface area contributed by atoms with Gasteiger partial charge in [-0.15, -0.1) is 12.0 Å². The molecule has 9 rings (SSSR count). The Kier molecular flexibility index (Phi) is 15.5. The lowest BCUT2D eigenvalue weighted by Gasteiger charge is -2.53. The molecule has 5 atom stereocenters. The van der Waals surface area contributed by atoms with E-state index in [0.29, 0.717) is 54.1 Å². The number of anilines is 1. The number of allylic oxidation sites excluding steroid dienone is 1. The van der Waals surface area contributed by atoms with Gasteiger partial charge in [-0.1, -0.05) is 59.5 Å². The number of carbonyl (C=O) groups is 1. The van der Waals surface area contributed by atoms with Crippen LogP contribution < -0.4 is 14.4 Å². The Hall–Kier alpha value is -4.84. The number of alkyl halides is 1. The molecule has 0 radical (unpaired) electrons. The maximum absolute atomic E-state index is 18.3. The number of benzene rings is 1. The lowest BCUT2D eigenvalue weighted by Crippen LogP contribution is -2.54. The Balaban J connectivity index is 1.15. The first-order chi connectivity index (χ1) is 35.0. The first kappa shape index (κ1) is 53.0. The fourth-order valence-electron chi connectivity index (χ4n) is 13.4. The van der Waals surface area contributed by atoms with E-state index in [1.807, 2.05) is 6.92 Å². The molecule has 1 aromatic carbocycles. The molecule has 6 heterocycles. The van der Waals surface area contributed by atoms with Gasteiger partial charge in [-0.25, -0.2) is 13.6 Å². The van der Waals surface area contributed by atoms with Gasteiger partial charge in [0.15, 0.2) is 36.7 Å². The molecule has 73 heavy (non-hydrogen) atoms. The van der Waals surface area contributed by atoms with Gasteiger partial charge in [-0.2, -0.15) is 9.97 Å². The molecule has 1 amide bonds. The number of rotatable bonds is 15. The van der Waals surface area contributed by atoms with Crippen LogP contribution in [0.4, 0.5) is 19.4 Å². The molecule has 4 saturated heterocycles. The van der Waals surface area contributed by atoms with Crippen molar-refractivity contribution in [2.75, 3.05) is 65.2 Å². The lowest BCUT2D eigenvalue weighted by molar-refractivity contribution is -0.223. The topological polar surface area (TPSA) is 121 Å². The fourth-order valence-corrected chi connectivity index (χ4v) is 18.7. The first-order valence-corrected chi connectivity index (χ1v) is 29.1. The van der Waals surface area contributed by atoms with E-state index in [-0.39, 0.29) is 82.9 Å². The molecule has 3 unspecified atom stereocenters. The number of amides is 1. The summed E-state index contributed by atoms with van der Waals surface area (Å²) in [6, 6.07) is 3.45. The average Bonchev–Trinajstić information content (AvgIpc) is 3.94. The van der Waals surface area contributed by atoms with E-state index in [0.717, 1.165) is 77.4 Å². The Morgan fingerprint density at radius 3 is 2.48 bits per heavy atom. The van der Waals surface area contributed by atoms with Crippen LogP contribution in [-0.4, -0.2) is 130 Å². The van der Waals surface area contributed by atoms with Gasteiger partial charge in [0.25, 0.3) is 0 Å². The summed E-state index contributed by atoms with van der Waals surface area (Å²) in [7, 11) is 0.801. The molecular formula is C57H76F2N6O7Si. The van der Waals surface area contributed by atoms with Crippen LogP contribution in [-0.2, 0) is 24.4 Å². The Bertz CT molecular complexity index is 2630. The number of methoxy groups -OCH3 is 1. The monoisotopic (exact) mass is 1020 g/mol. The molecule has 16 heteroatoms. The second-order valence-electron chi connectivity index (χ2n) is 22.5. The van der Waals surface area contributed by atoms with Gasteiger partial charge >= 0.3 is 12.1 Å². The van der Waals surface area contributed by atoms with Crippen molar-refractivity contribution in [2.24, 2.45) is 5.41 Å². The van der Waals surface area contributed by atoms with E-state index in [1.165, 1.54) is 13.2 Å². The minimum atomic E-state index is -2.45. The predicted molar refractivity (Wildman–Crippen MR) is 282 cm³/mol. The van der Waals surface area contributed by atoms with Gasteiger partial charge in [0.05, 0.1) is 17.0 Å². The van der Waals surface area contributed by atoms with Crippen LogP contribution in [0.1, 0.15) is 130 Å². The summed E-state index contributed by atoms with van der Waals surface area (Å²) in [5, 5.41) is 0.426. The highest BCUT2D eigenvalue weighted by Gasteiger charge is 2.53. The second-order valence-corrected chi connectivity index (χ2v) is 28.1. The number of piperidine rings is 1. The van der Waals surface area contributed by atoms with Crippen molar-refractivity contribution in [3.8, 4) is 46.8 Å². The summed E-state index contributed by atoms with van der Waals surface area (Å²) in [6.45, 7) is 18.7. The van der Waals surface area contributed by atoms with Crippen LogP contribution in [0.5, 0.6) is 11.8 Å². The summed E-state index contributed by atoms with van der Waals surface area (Å²) in [5.74, 6) is 6.42. The highest BCUT2D eigenvalue weighted by atomic mass is 28.3. The van der Waals surface area contributed by atoms with E-state index >= 15 is 8.78 Å². The van der Waals surface area contributed by atoms with Gasteiger partial charge in [0.1, 0.15) is 37.5 Å². The highest BCUT2D eigenvalue weighted by Crippen LogP contribution is 2.52. The van der Waals surface area contributed by atoms with E-state index < -0.39 is 31.0 Å². The maximum atomic E-state index is 18.3. The van der Waals surface area contributed by atoms with E-state index in [9.17, 15) is 4.79 Å². The van der Waals surface area contributed by atoms with Crippen molar-refractivity contribution in [1.29, 1.82) is 0 Å². The fraction of sp³-hybridized carbons (Fsp3) is 0.649. The molecule has 2 aromatic heterocycles. The van der Waals surface area contributed by atoms with Gasteiger partial charge in [0, 0.05) is 70.7 Å². The zero-order chi connectivity index (χ0) is 51.9. The zero-order valence-electron chi connectivity index (χ0n) is 44.5. The Morgan fingerprint density at radius 2 is 1.78 bits per heavy atom. The smallest absolute Gasteiger partial charge is 0.411 e. The Labute approximate surface area is 432 Å². The predicted octanol–water partition coefficient (Wildman–Crippen LogP) is 11.0. The number of ether oxygens (including phenoxy) is 6. The van der Waals surface area contributed by atoms with Crippen molar-refractivity contribution in [2.45, 2.75) is 171 Å². The molecule has 3 aromatic rings. The van der Waals surface area contributed by atoms with Gasteiger partial charge in [0.2, 0.25) is 0 Å². The van der Waals surface area contributed by atoms with Crippen molar-refractivity contribution in [3.05, 3.63) is 41.3 Å². The maximum Gasteiger partial charge on any atom is 0.411 e. The Morgan fingerprint density at radius 1 is 1.01 bits per heavy atom. The SMILES string of the molecule is C#CC1(C#C[Si](C(C)C)(C(C)C)C(C)C)c2c(cc(OCOC)cc2-c2ncc3c(N4CCCC5(CC(OC6CCCCO6)C5)C4)nc(OC[C@]45CCCN4[C@@H](OC(=O)N(C)CC)CC5)nc3c2F)C=CC1F. The number of hydrogen-bond acceptors (Lipinski definition) is 12. The molecule has 5 fully saturated rings. The lowest BCUT2D eigenvalue weighted by atomic mass is 9.62. The number of carbonyl (C=O) groups excluding carboxylic acids is 1. The summed E-state index contributed by atoms with van der Waals surface area (Å²) in [6.07, 6.45) is 18.8. The average molecular weight is 1020 g/mol. The summed E-state index contributed by atoms with van der Waals surface area (Å²) >= 11 is 0. The third-order valence-corrected chi connectivity index (χ3v) is 23.6. The molecule has 0 bridgehead atoms. The normalized spacial score (nSPS) is 27.9. The molecule has 6 aliphatic rings. The summed E-state index contributed by atoms with van der Waals surface area (Å²) in [5.41, 5.74) is 3.33. The van der Waals surface area contributed by atoms with Crippen LogP contribution in [0.3, 0.4) is 0 Å². The van der Waals surface area contributed by atoms with Gasteiger partial charge < -0.3 is 38.2 Å². The van der Waals surface area contributed by atoms with Gasteiger partial charge in [-0.3, -0.25) is 9.88 Å². The standard InChI is InChI=1S/C57H76F2N6O7Si/c1-11-57(24-28-73(37(3)4,38(5)6)39(7)8)45(58)19-18-40-29-41(70-36-67-10)30-43(48(40)57)50-49(59)51-44(33-60-50)52(64-25-15-21-55(34-64)31-42(32-55)71-47-17-13-14-27-68-47)62-53(61-51)69-35-56-22-16-26-65(56)46(20-23-56)72-54(66)63(9)12-2/h1,18-19,29-30,33,37-39,42,45-47H,12-17,20-23,25-27,31-32,34-36H2,2-10H3/t42?,45?,46-,47?,55?,56+,57?/m0/s1. The minimum Gasteiger partial charge on any atom is -0.468 e. The summed E-state index contributed by atoms with van der Waals surface area (Å²) < 4.78 is 71.9. The van der Waals surface area contributed by atoms with Crippen molar-refractivity contribution in [1.82, 2.24) is 24.8 Å². The quantitative estimate of drug-likeness (QED) is 0.0818. The third-order valence-electron chi connectivity index (χ3n) is 17.3. The molecular weight excluding hydrogens is 947 g/mol. The van der Waals surface area contributed by atoms with Crippen molar-refractivity contribution < 1.29 is 42.0 Å². The highest BCUT2D eigenvalue weighted by molar-refractivity contribution is 6.90. The first-order valence-electron chi connectivity index (χ1n) is 26.9. The molecule has 13 nitrogen and oxygen atoms in total. The van der Waals surface area contributed by atoms with Crippen LogP contribution in [0.2, 0.25) is 16.6 Å². The van der Waals surface area contributed by atoms with Gasteiger partial charge in [-0.05, 0) is 117 Å². The minimum absolute atomic E-state index is 0.00782.